The first-order valence-electron chi connectivity index (χ1n) is 6.72. The second kappa shape index (κ2) is 6.90. The van der Waals surface area contributed by atoms with E-state index in [9.17, 15) is 9.90 Å². The Kier molecular flexibility index (Phi) is 5.82. The average Bonchev–Trinajstić information content (AvgIpc) is 2.34. The van der Waals surface area contributed by atoms with Crippen molar-refractivity contribution >= 4 is 5.91 Å². The van der Waals surface area contributed by atoms with Crippen LogP contribution in [0.3, 0.4) is 0 Å². The quantitative estimate of drug-likeness (QED) is 0.702. The molecule has 18 heavy (non-hydrogen) atoms. The van der Waals surface area contributed by atoms with E-state index in [1.807, 2.05) is 0 Å². The second-order valence-corrected chi connectivity index (χ2v) is 5.74. The van der Waals surface area contributed by atoms with Gasteiger partial charge in [-0.05, 0) is 39.7 Å². The third-order valence-corrected chi connectivity index (χ3v) is 3.69. The number of nitrogens with two attached hydrogens (primary N) is 1. The Hall–Kier alpha value is -0.870. The number of hydrogen-bond donors (Lipinski definition) is 2. The highest BCUT2D eigenvalue weighted by Gasteiger charge is 2.33. The zero-order chi connectivity index (χ0) is 13.6. The van der Waals surface area contributed by atoms with Crippen LogP contribution < -0.4 is 5.73 Å². The van der Waals surface area contributed by atoms with Crippen LogP contribution in [0.5, 0.6) is 0 Å². The van der Waals surface area contributed by atoms with Crippen LogP contribution in [-0.4, -0.2) is 42.2 Å². The van der Waals surface area contributed by atoms with E-state index < -0.39 is 0 Å². The molecule has 0 spiro atoms. The Morgan fingerprint density at radius 3 is 2.78 bits per heavy atom. The molecule has 0 aromatic rings. The molecule has 1 fully saturated rings. The molecule has 0 aliphatic carbocycles. The van der Waals surface area contributed by atoms with E-state index in [1.165, 1.54) is 5.57 Å². The van der Waals surface area contributed by atoms with Crippen molar-refractivity contribution in [2.75, 3.05) is 26.2 Å². The van der Waals surface area contributed by atoms with Crippen LogP contribution >= 0.6 is 0 Å². The highest BCUT2D eigenvalue weighted by molar-refractivity contribution is 5.73. The number of nitrogens with zero attached hydrogens (tertiary/aromatic N) is 1. The summed E-state index contributed by atoms with van der Waals surface area (Å²) < 4.78 is 0. The molecule has 1 heterocycles. The molecule has 1 aliphatic heterocycles. The summed E-state index contributed by atoms with van der Waals surface area (Å²) in [5.74, 6) is -0.250. The van der Waals surface area contributed by atoms with Crippen LogP contribution in [0.15, 0.2) is 11.6 Å². The van der Waals surface area contributed by atoms with Crippen molar-refractivity contribution in [3.05, 3.63) is 11.6 Å². The summed E-state index contributed by atoms with van der Waals surface area (Å²) in [6.45, 7) is 6.96. The van der Waals surface area contributed by atoms with Crippen LogP contribution in [0.4, 0.5) is 0 Å². The normalized spacial score (nSPS) is 24.8. The van der Waals surface area contributed by atoms with Gasteiger partial charge >= 0.3 is 0 Å². The number of rotatable bonds is 6. The lowest BCUT2D eigenvalue weighted by Gasteiger charge is -2.41. The van der Waals surface area contributed by atoms with Gasteiger partial charge in [0.1, 0.15) is 0 Å². The number of carbonyl (C=O) groups excluding carboxylic acids is 1. The van der Waals surface area contributed by atoms with Crippen LogP contribution in [0.25, 0.3) is 0 Å². The van der Waals surface area contributed by atoms with Gasteiger partial charge < -0.3 is 15.7 Å². The highest BCUT2D eigenvalue weighted by atomic mass is 16.3. The summed E-state index contributed by atoms with van der Waals surface area (Å²) >= 11 is 0. The second-order valence-electron chi connectivity index (χ2n) is 5.74. The van der Waals surface area contributed by atoms with Crippen molar-refractivity contribution in [3.8, 4) is 0 Å². The minimum Gasteiger partial charge on any atom is -0.396 e. The van der Waals surface area contributed by atoms with Gasteiger partial charge in [0.15, 0.2) is 0 Å². The number of amides is 1. The molecule has 0 radical (unpaired) electrons. The summed E-state index contributed by atoms with van der Waals surface area (Å²) in [5, 5.41) is 9.70. The maximum Gasteiger partial charge on any atom is 0.218 e. The Morgan fingerprint density at radius 1 is 1.50 bits per heavy atom. The zero-order valence-corrected chi connectivity index (χ0v) is 11.6. The fraction of sp³-hybridized carbons (Fsp3) is 0.786. The smallest absolute Gasteiger partial charge is 0.218 e. The standard InChI is InChI=1S/C14H26N2O2/c1-12(2)4-7-14(11-17)6-3-8-16(10-14)9-5-13(15)18/h4,17H,3,5-11H2,1-2H3,(H2,15,18). The van der Waals surface area contributed by atoms with Gasteiger partial charge in [-0.15, -0.1) is 0 Å². The van der Waals surface area contributed by atoms with Gasteiger partial charge in [0, 0.05) is 24.9 Å². The summed E-state index contributed by atoms with van der Waals surface area (Å²) in [7, 11) is 0. The molecule has 0 aromatic carbocycles. The minimum absolute atomic E-state index is 0.0346. The van der Waals surface area contributed by atoms with Crippen LogP contribution in [-0.2, 0) is 4.79 Å². The topological polar surface area (TPSA) is 66.6 Å². The SMILES string of the molecule is CC(C)=CCC1(CO)CCCN(CCC(N)=O)C1. The monoisotopic (exact) mass is 254 g/mol. The van der Waals surface area contributed by atoms with E-state index in [4.69, 9.17) is 5.73 Å². The molecule has 1 amide bonds. The molecule has 1 unspecified atom stereocenters. The largest absolute Gasteiger partial charge is 0.396 e. The van der Waals surface area contributed by atoms with Gasteiger partial charge in [-0.3, -0.25) is 4.79 Å². The molecule has 0 aromatic heterocycles. The predicted molar refractivity (Wildman–Crippen MR) is 73.1 cm³/mol. The fourth-order valence-electron chi connectivity index (χ4n) is 2.55. The Labute approximate surface area is 110 Å². The molecule has 3 N–H and O–H groups in total. The third kappa shape index (κ3) is 4.78. The molecule has 1 aliphatic rings. The number of aliphatic hydroxyl groups excluding tert-OH is 1. The van der Waals surface area contributed by atoms with E-state index >= 15 is 0 Å². The number of hydrogen-bond acceptors (Lipinski definition) is 3. The summed E-state index contributed by atoms with van der Waals surface area (Å²) in [4.78, 5) is 13.1. The molecular weight excluding hydrogens is 228 g/mol. The number of allylic oxidation sites excluding steroid dienone is 2. The summed E-state index contributed by atoms with van der Waals surface area (Å²) in [6, 6.07) is 0. The van der Waals surface area contributed by atoms with Crippen molar-refractivity contribution in [2.45, 2.75) is 39.5 Å². The summed E-state index contributed by atoms with van der Waals surface area (Å²) in [5.41, 5.74) is 6.44. The molecular formula is C14H26N2O2. The molecule has 0 saturated carbocycles. The van der Waals surface area contributed by atoms with E-state index in [0.717, 1.165) is 32.4 Å². The van der Waals surface area contributed by atoms with Crippen molar-refractivity contribution in [2.24, 2.45) is 11.1 Å². The molecule has 4 nitrogen and oxygen atoms in total. The van der Waals surface area contributed by atoms with Crippen molar-refractivity contribution < 1.29 is 9.90 Å². The molecule has 1 atom stereocenters. The number of aliphatic hydroxyl groups is 1. The van der Waals surface area contributed by atoms with E-state index in [0.29, 0.717) is 13.0 Å². The fourth-order valence-corrected chi connectivity index (χ4v) is 2.55. The van der Waals surface area contributed by atoms with Gasteiger partial charge in [-0.1, -0.05) is 11.6 Å². The first kappa shape index (κ1) is 15.2. The van der Waals surface area contributed by atoms with Gasteiger partial charge in [0.2, 0.25) is 5.91 Å². The van der Waals surface area contributed by atoms with Crippen LogP contribution in [0.1, 0.15) is 39.5 Å². The lowest BCUT2D eigenvalue weighted by molar-refractivity contribution is -0.118. The van der Waals surface area contributed by atoms with Gasteiger partial charge in [0.05, 0.1) is 6.61 Å². The maximum atomic E-state index is 10.8. The average molecular weight is 254 g/mol. The number of primary amides is 1. The third-order valence-electron chi connectivity index (χ3n) is 3.69. The highest BCUT2D eigenvalue weighted by Crippen LogP contribution is 2.33. The van der Waals surface area contributed by atoms with Crippen LogP contribution in [0, 0.1) is 5.41 Å². The molecule has 4 heteroatoms. The number of likely N-dealkylation sites (tertiary alicyclic amines) is 1. The molecule has 1 rings (SSSR count). The number of piperidine rings is 1. The Morgan fingerprint density at radius 2 is 2.22 bits per heavy atom. The molecule has 0 bridgehead atoms. The lowest BCUT2D eigenvalue weighted by atomic mass is 9.77. The van der Waals surface area contributed by atoms with Gasteiger partial charge in [-0.2, -0.15) is 0 Å². The van der Waals surface area contributed by atoms with E-state index in [1.54, 1.807) is 0 Å². The lowest BCUT2D eigenvalue weighted by Crippen LogP contribution is -2.46. The van der Waals surface area contributed by atoms with Crippen LogP contribution in [0.2, 0.25) is 0 Å². The Balaban J connectivity index is 2.57. The molecule has 104 valence electrons. The minimum atomic E-state index is -0.250. The maximum absolute atomic E-state index is 10.8. The Bertz CT molecular complexity index is 311. The van der Waals surface area contributed by atoms with E-state index in [2.05, 4.69) is 24.8 Å². The summed E-state index contributed by atoms with van der Waals surface area (Å²) in [6.07, 6.45) is 5.66. The predicted octanol–water partition coefficient (Wildman–Crippen LogP) is 1.29. The van der Waals surface area contributed by atoms with Crippen molar-refractivity contribution in [1.29, 1.82) is 0 Å². The first-order chi connectivity index (χ1) is 8.47. The molecule has 1 saturated heterocycles. The zero-order valence-electron chi connectivity index (χ0n) is 11.6. The van der Waals surface area contributed by atoms with Crippen molar-refractivity contribution in [1.82, 2.24) is 4.90 Å². The van der Waals surface area contributed by atoms with E-state index in [-0.39, 0.29) is 17.9 Å². The number of carbonyl (C=O) groups is 1. The van der Waals surface area contributed by atoms with Gasteiger partial charge in [-0.25, -0.2) is 0 Å². The first-order valence-corrected chi connectivity index (χ1v) is 6.72. The van der Waals surface area contributed by atoms with Gasteiger partial charge in [0.25, 0.3) is 0 Å². The van der Waals surface area contributed by atoms with Crippen molar-refractivity contribution in [3.63, 3.8) is 0 Å².